The summed E-state index contributed by atoms with van der Waals surface area (Å²) < 4.78 is 0. The predicted molar refractivity (Wildman–Crippen MR) is 83.4 cm³/mol. The smallest absolute Gasteiger partial charge is 0.0681 e. The topological polar surface area (TPSA) is 32.3 Å². The van der Waals surface area contributed by atoms with Gasteiger partial charge < -0.3 is 10.4 Å². The van der Waals surface area contributed by atoms with Gasteiger partial charge in [-0.3, -0.25) is 0 Å². The summed E-state index contributed by atoms with van der Waals surface area (Å²) in [6.45, 7) is 5.30. The summed E-state index contributed by atoms with van der Waals surface area (Å²) in [5.74, 6) is 0. The van der Waals surface area contributed by atoms with Crippen molar-refractivity contribution in [3.63, 3.8) is 0 Å². The number of nitrogens with one attached hydrogen (secondary N) is 1. The molecule has 0 bridgehead atoms. The van der Waals surface area contributed by atoms with Gasteiger partial charge in [-0.05, 0) is 35.6 Å². The minimum atomic E-state index is 0.105. The third-order valence-electron chi connectivity index (χ3n) is 3.71. The summed E-state index contributed by atoms with van der Waals surface area (Å²) >= 11 is 0. The summed E-state index contributed by atoms with van der Waals surface area (Å²) in [6.07, 6.45) is 1.08. The maximum Gasteiger partial charge on any atom is 0.0681 e. The Morgan fingerprint density at radius 3 is 2.00 bits per heavy atom. The Morgan fingerprint density at radius 2 is 1.45 bits per heavy atom. The number of hydrogen-bond donors (Lipinski definition) is 2. The quantitative estimate of drug-likeness (QED) is 0.840. The van der Waals surface area contributed by atoms with E-state index in [9.17, 15) is 0 Å². The molecule has 106 valence electrons. The summed E-state index contributed by atoms with van der Waals surface area (Å²) in [4.78, 5) is 0. The van der Waals surface area contributed by atoms with Crippen LogP contribution in [-0.2, 0) is 19.6 Å². The Labute approximate surface area is 121 Å². The molecule has 2 aromatic rings. The van der Waals surface area contributed by atoms with E-state index >= 15 is 0 Å². The van der Waals surface area contributed by atoms with Crippen molar-refractivity contribution in [1.82, 2.24) is 5.32 Å². The highest BCUT2D eigenvalue weighted by molar-refractivity contribution is 5.25. The van der Waals surface area contributed by atoms with Crippen LogP contribution >= 0.6 is 0 Å². The normalized spacial score (nSPS) is 12.3. The fourth-order valence-electron chi connectivity index (χ4n) is 2.19. The lowest BCUT2D eigenvalue weighted by molar-refractivity contribution is 0.282. The van der Waals surface area contributed by atoms with E-state index in [1.165, 1.54) is 16.7 Å². The van der Waals surface area contributed by atoms with Crippen LogP contribution in [0.2, 0.25) is 0 Å². The highest BCUT2D eigenvalue weighted by atomic mass is 16.3. The maximum absolute atomic E-state index is 9.02. The van der Waals surface area contributed by atoms with Crippen molar-refractivity contribution in [2.24, 2.45) is 0 Å². The fourth-order valence-corrected chi connectivity index (χ4v) is 2.19. The first-order valence-electron chi connectivity index (χ1n) is 7.23. The van der Waals surface area contributed by atoms with Gasteiger partial charge in [0.1, 0.15) is 0 Å². The Morgan fingerprint density at radius 1 is 0.900 bits per heavy atom. The Kier molecular flexibility index (Phi) is 5.33. The molecule has 0 saturated heterocycles. The predicted octanol–water partition coefficient (Wildman–Crippen LogP) is 3.59. The SMILES string of the molecule is CCc1ccc(C(C)NCc2ccc(CO)cc2)cc1. The average Bonchev–Trinajstić information content (AvgIpc) is 2.53. The van der Waals surface area contributed by atoms with Gasteiger partial charge in [-0.1, -0.05) is 55.5 Å². The average molecular weight is 269 g/mol. The lowest BCUT2D eigenvalue weighted by Crippen LogP contribution is -2.18. The van der Waals surface area contributed by atoms with Crippen LogP contribution in [0.3, 0.4) is 0 Å². The van der Waals surface area contributed by atoms with Crippen LogP contribution in [0.5, 0.6) is 0 Å². The standard InChI is InChI=1S/C18H23NO/c1-3-15-8-10-18(11-9-15)14(2)19-12-16-4-6-17(13-20)7-5-16/h4-11,14,19-20H,3,12-13H2,1-2H3. The van der Waals surface area contributed by atoms with Gasteiger partial charge in [-0.2, -0.15) is 0 Å². The van der Waals surface area contributed by atoms with Crippen molar-refractivity contribution in [2.45, 2.75) is 39.5 Å². The molecule has 0 aliphatic rings. The number of aryl methyl sites for hydroxylation is 1. The minimum absolute atomic E-state index is 0.105. The van der Waals surface area contributed by atoms with Crippen LogP contribution in [0.4, 0.5) is 0 Å². The van der Waals surface area contributed by atoms with Gasteiger partial charge in [0, 0.05) is 12.6 Å². The van der Waals surface area contributed by atoms with Crippen LogP contribution < -0.4 is 5.32 Å². The van der Waals surface area contributed by atoms with Gasteiger partial charge in [0.15, 0.2) is 0 Å². The Hall–Kier alpha value is -1.64. The van der Waals surface area contributed by atoms with Crippen molar-refractivity contribution in [1.29, 1.82) is 0 Å². The molecule has 0 aliphatic carbocycles. The van der Waals surface area contributed by atoms with Crippen molar-refractivity contribution in [3.8, 4) is 0 Å². The van der Waals surface area contributed by atoms with Crippen molar-refractivity contribution >= 4 is 0 Å². The number of benzene rings is 2. The molecule has 2 aromatic carbocycles. The van der Waals surface area contributed by atoms with Crippen LogP contribution in [0.15, 0.2) is 48.5 Å². The zero-order chi connectivity index (χ0) is 14.4. The minimum Gasteiger partial charge on any atom is -0.392 e. The number of aliphatic hydroxyl groups excluding tert-OH is 1. The lowest BCUT2D eigenvalue weighted by atomic mass is 10.0. The molecule has 0 saturated carbocycles. The molecule has 0 aliphatic heterocycles. The molecule has 1 atom stereocenters. The molecule has 2 heteroatoms. The highest BCUT2D eigenvalue weighted by Crippen LogP contribution is 2.14. The molecule has 0 fully saturated rings. The van der Waals surface area contributed by atoms with Gasteiger partial charge in [-0.15, -0.1) is 0 Å². The first kappa shape index (κ1) is 14.8. The zero-order valence-corrected chi connectivity index (χ0v) is 12.3. The summed E-state index contributed by atoms with van der Waals surface area (Å²) in [5.41, 5.74) is 4.88. The molecular formula is C18H23NO. The summed E-state index contributed by atoms with van der Waals surface area (Å²) in [6, 6.07) is 17.2. The second-order valence-corrected chi connectivity index (χ2v) is 5.17. The van der Waals surface area contributed by atoms with Gasteiger partial charge in [0.05, 0.1) is 6.61 Å². The van der Waals surface area contributed by atoms with Crippen LogP contribution in [0.1, 0.15) is 42.1 Å². The van der Waals surface area contributed by atoms with Gasteiger partial charge in [0.2, 0.25) is 0 Å². The van der Waals surface area contributed by atoms with E-state index in [2.05, 4.69) is 55.6 Å². The maximum atomic E-state index is 9.02. The van der Waals surface area contributed by atoms with Crippen LogP contribution in [0.25, 0.3) is 0 Å². The lowest BCUT2D eigenvalue weighted by Gasteiger charge is -2.15. The van der Waals surface area contributed by atoms with E-state index in [4.69, 9.17) is 5.11 Å². The van der Waals surface area contributed by atoms with Crippen molar-refractivity contribution in [2.75, 3.05) is 0 Å². The molecule has 2 rings (SSSR count). The Bertz CT molecular complexity index is 516. The fraction of sp³-hybridized carbons (Fsp3) is 0.333. The largest absolute Gasteiger partial charge is 0.392 e. The molecule has 0 radical (unpaired) electrons. The monoisotopic (exact) mass is 269 g/mol. The zero-order valence-electron chi connectivity index (χ0n) is 12.3. The number of hydrogen-bond acceptors (Lipinski definition) is 2. The molecule has 2 N–H and O–H groups in total. The molecule has 0 amide bonds. The molecule has 20 heavy (non-hydrogen) atoms. The molecule has 2 nitrogen and oxygen atoms in total. The second-order valence-electron chi connectivity index (χ2n) is 5.17. The van der Waals surface area contributed by atoms with Crippen molar-refractivity contribution in [3.05, 3.63) is 70.8 Å². The first-order valence-corrected chi connectivity index (χ1v) is 7.23. The molecule has 0 heterocycles. The van der Waals surface area contributed by atoms with E-state index in [0.29, 0.717) is 6.04 Å². The third kappa shape index (κ3) is 3.92. The second kappa shape index (κ2) is 7.22. The molecule has 0 aromatic heterocycles. The van der Waals surface area contributed by atoms with E-state index in [1.807, 2.05) is 12.1 Å². The molecular weight excluding hydrogens is 246 g/mol. The van der Waals surface area contributed by atoms with E-state index in [1.54, 1.807) is 0 Å². The van der Waals surface area contributed by atoms with Crippen LogP contribution in [-0.4, -0.2) is 5.11 Å². The molecule has 0 spiro atoms. The summed E-state index contributed by atoms with van der Waals surface area (Å²) in [7, 11) is 0. The van der Waals surface area contributed by atoms with E-state index < -0.39 is 0 Å². The number of aliphatic hydroxyl groups is 1. The number of rotatable bonds is 6. The highest BCUT2D eigenvalue weighted by Gasteiger charge is 2.04. The Balaban J connectivity index is 1.91. The van der Waals surface area contributed by atoms with Gasteiger partial charge >= 0.3 is 0 Å². The molecule has 1 unspecified atom stereocenters. The van der Waals surface area contributed by atoms with Gasteiger partial charge in [-0.25, -0.2) is 0 Å². The van der Waals surface area contributed by atoms with E-state index in [0.717, 1.165) is 18.5 Å². The third-order valence-corrected chi connectivity index (χ3v) is 3.71. The summed E-state index contributed by atoms with van der Waals surface area (Å²) in [5, 5.41) is 12.6. The van der Waals surface area contributed by atoms with Crippen LogP contribution in [0, 0.1) is 0 Å². The van der Waals surface area contributed by atoms with Crippen molar-refractivity contribution < 1.29 is 5.11 Å². The van der Waals surface area contributed by atoms with Gasteiger partial charge in [0.25, 0.3) is 0 Å². The first-order chi connectivity index (χ1) is 9.72. The van der Waals surface area contributed by atoms with E-state index in [-0.39, 0.29) is 6.61 Å².